The Morgan fingerprint density at radius 2 is 2.20 bits per heavy atom. The van der Waals surface area contributed by atoms with Crippen LogP contribution in [0.25, 0.3) is 0 Å². The Hall–Kier alpha value is -2.21. The van der Waals surface area contributed by atoms with E-state index in [1.807, 2.05) is 24.5 Å². The van der Waals surface area contributed by atoms with Crippen molar-refractivity contribution < 1.29 is 14.3 Å². The molecule has 0 saturated carbocycles. The first kappa shape index (κ1) is 14.2. The second kappa shape index (κ2) is 6.81. The molecule has 0 fully saturated rings. The SMILES string of the molecule is CSc1cccc(NC(=O)COc2cccc[n+]2[O-])c1. The Bertz CT molecular complexity index is 604. The van der Waals surface area contributed by atoms with E-state index in [1.165, 1.54) is 12.3 Å². The highest BCUT2D eigenvalue weighted by Gasteiger charge is 2.08. The van der Waals surface area contributed by atoms with Crippen LogP contribution in [0, 0.1) is 5.21 Å². The summed E-state index contributed by atoms with van der Waals surface area (Å²) in [5.41, 5.74) is 0.702. The van der Waals surface area contributed by atoms with Crippen molar-refractivity contribution in [1.82, 2.24) is 0 Å². The van der Waals surface area contributed by atoms with Gasteiger partial charge < -0.3 is 15.3 Å². The molecule has 1 N–H and O–H groups in total. The molecule has 0 aliphatic carbocycles. The molecular formula is C14H14N2O3S. The van der Waals surface area contributed by atoms with Crippen molar-refractivity contribution in [1.29, 1.82) is 0 Å². The standard InChI is InChI=1S/C14H14N2O3S/c1-20-12-6-4-5-11(9-12)15-13(17)10-19-14-7-2-3-8-16(14)18/h2-9H,10H2,1H3,(H,15,17). The third-order valence-electron chi connectivity index (χ3n) is 2.49. The van der Waals surface area contributed by atoms with E-state index in [-0.39, 0.29) is 18.4 Å². The molecule has 1 aromatic carbocycles. The molecule has 104 valence electrons. The summed E-state index contributed by atoms with van der Waals surface area (Å²) < 4.78 is 5.73. The van der Waals surface area contributed by atoms with Crippen LogP contribution >= 0.6 is 11.8 Å². The fraction of sp³-hybridized carbons (Fsp3) is 0.143. The number of pyridine rings is 1. The lowest BCUT2D eigenvalue weighted by molar-refractivity contribution is -0.612. The molecule has 0 radical (unpaired) electrons. The Kier molecular flexibility index (Phi) is 4.84. The lowest BCUT2D eigenvalue weighted by Gasteiger charge is -2.08. The monoisotopic (exact) mass is 290 g/mol. The number of nitrogens with zero attached hydrogens (tertiary/aromatic N) is 1. The average Bonchev–Trinajstić information content (AvgIpc) is 2.46. The number of carbonyl (C=O) groups excluding carboxylic acids is 1. The van der Waals surface area contributed by atoms with E-state index in [1.54, 1.807) is 30.0 Å². The molecular weight excluding hydrogens is 276 g/mol. The Labute approximate surface area is 121 Å². The van der Waals surface area contributed by atoms with Gasteiger partial charge in [-0.2, -0.15) is 0 Å². The maximum absolute atomic E-state index is 11.7. The predicted molar refractivity (Wildman–Crippen MR) is 77.7 cm³/mol. The van der Waals surface area contributed by atoms with Crippen LogP contribution in [-0.4, -0.2) is 18.8 Å². The lowest BCUT2D eigenvalue weighted by Crippen LogP contribution is -2.30. The van der Waals surface area contributed by atoms with Crippen LogP contribution in [0.3, 0.4) is 0 Å². The van der Waals surface area contributed by atoms with Crippen molar-refractivity contribution >= 4 is 23.4 Å². The van der Waals surface area contributed by atoms with Gasteiger partial charge in [0.1, 0.15) is 0 Å². The minimum absolute atomic E-state index is 0.0977. The Balaban J connectivity index is 1.91. The van der Waals surface area contributed by atoms with E-state index in [0.717, 1.165) is 4.90 Å². The van der Waals surface area contributed by atoms with Gasteiger partial charge in [0.05, 0.1) is 6.07 Å². The first-order valence-electron chi connectivity index (χ1n) is 5.94. The molecule has 0 aliphatic rings. The first-order valence-corrected chi connectivity index (χ1v) is 7.16. The largest absolute Gasteiger partial charge is 0.616 e. The fourth-order valence-electron chi connectivity index (χ4n) is 1.56. The quantitative estimate of drug-likeness (QED) is 0.520. The second-order valence-electron chi connectivity index (χ2n) is 3.93. The predicted octanol–water partition coefficient (Wildman–Crippen LogP) is 2.06. The molecule has 20 heavy (non-hydrogen) atoms. The van der Waals surface area contributed by atoms with Gasteiger partial charge in [0.25, 0.3) is 5.91 Å². The number of amides is 1. The number of ether oxygens (including phenoxy) is 1. The van der Waals surface area contributed by atoms with Gasteiger partial charge in [-0.25, -0.2) is 0 Å². The van der Waals surface area contributed by atoms with Crippen LogP contribution in [0.2, 0.25) is 0 Å². The number of carbonyl (C=O) groups is 1. The van der Waals surface area contributed by atoms with Gasteiger partial charge in [0, 0.05) is 16.6 Å². The number of hydrogen-bond donors (Lipinski definition) is 1. The van der Waals surface area contributed by atoms with Crippen molar-refractivity contribution in [2.45, 2.75) is 4.90 Å². The van der Waals surface area contributed by atoms with E-state index < -0.39 is 0 Å². The number of thioether (sulfide) groups is 1. The Morgan fingerprint density at radius 3 is 2.95 bits per heavy atom. The molecule has 0 spiro atoms. The van der Waals surface area contributed by atoms with Crippen LogP contribution in [-0.2, 0) is 4.79 Å². The van der Waals surface area contributed by atoms with Crippen LogP contribution in [0.15, 0.2) is 53.6 Å². The van der Waals surface area contributed by atoms with Gasteiger partial charge in [-0.3, -0.25) is 4.79 Å². The molecule has 1 heterocycles. The number of hydrogen-bond acceptors (Lipinski definition) is 4. The van der Waals surface area contributed by atoms with Crippen LogP contribution in [0.1, 0.15) is 0 Å². The maximum atomic E-state index is 11.7. The molecule has 0 bridgehead atoms. The van der Waals surface area contributed by atoms with Crippen LogP contribution in [0.4, 0.5) is 5.69 Å². The third kappa shape index (κ3) is 3.89. The summed E-state index contributed by atoms with van der Waals surface area (Å²) in [5.74, 6) is -0.215. The zero-order valence-corrected chi connectivity index (χ0v) is 11.7. The molecule has 0 unspecified atom stereocenters. The number of aromatic nitrogens is 1. The summed E-state index contributed by atoms with van der Waals surface area (Å²) >= 11 is 1.60. The molecule has 2 rings (SSSR count). The number of rotatable bonds is 5. The number of benzene rings is 1. The van der Waals surface area contributed by atoms with Gasteiger partial charge >= 0.3 is 5.88 Å². The summed E-state index contributed by atoms with van der Waals surface area (Å²) in [4.78, 5) is 12.8. The summed E-state index contributed by atoms with van der Waals surface area (Å²) in [6.07, 6.45) is 3.28. The molecule has 2 aromatic rings. The molecule has 0 saturated heterocycles. The molecule has 1 amide bonds. The summed E-state index contributed by atoms with van der Waals surface area (Å²) in [6.45, 7) is -0.213. The minimum Gasteiger partial charge on any atom is -0.616 e. The lowest BCUT2D eigenvalue weighted by atomic mass is 10.3. The van der Waals surface area contributed by atoms with Crippen molar-refractivity contribution in [3.8, 4) is 5.88 Å². The highest BCUT2D eigenvalue weighted by molar-refractivity contribution is 7.98. The zero-order chi connectivity index (χ0) is 14.4. The zero-order valence-electron chi connectivity index (χ0n) is 10.9. The first-order chi connectivity index (χ1) is 9.69. The van der Waals surface area contributed by atoms with Crippen molar-refractivity contribution in [2.75, 3.05) is 18.2 Å². The third-order valence-corrected chi connectivity index (χ3v) is 3.22. The van der Waals surface area contributed by atoms with Gasteiger partial charge in [-0.15, -0.1) is 16.5 Å². The van der Waals surface area contributed by atoms with Crippen LogP contribution < -0.4 is 14.8 Å². The van der Waals surface area contributed by atoms with Crippen molar-refractivity contribution in [3.05, 3.63) is 53.9 Å². The summed E-state index contributed by atoms with van der Waals surface area (Å²) in [6, 6.07) is 12.3. The van der Waals surface area contributed by atoms with E-state index in [4.69, 9.17) is 4.74 Å². The topological polar surface area (TPSA) is 65.3 Å². The van der Waals surface area contributed by atoms with Gasteiger partial charge in [0.2, 0.25) is 0 Å². The van der Waals surface area contributed by atoms with Gasteiger partial charge in [0.15, 0.2) is 12.8 Å². The summed E-state index contributed by atoms with van der Waals surface area (Å²) in [5, 5.41) is 14.0. The maximum Gasteiger partial charge on any atom is 0.379 e. The molecule has 6 heteroatoms. The fourth-order valence-corrected chi connectivity index (χ4v) is 2.02. The van der Waals surface area contributed by atoms with Crippen molar-refractivity contribution in [3.63, 3.8) is 0 Å². The van der Waals surface area contributed by atoms with E-state index in [0.29, 0.717) is 10.4 Å². The molecule has 0 aliphatic heterocycles. The second-order valence-corrected chi connectivity index (χ2v) is 4.81. The van der Waals surface area contributed by atoms with Gasteiger partial charge in [-0.05, 0) is 30.5 Å². The highest BCUT2D eigenvalue weighted by Crippen LogP contribution is 2.18. The molecule has 5 nitrogen and oxygen atoms in total. The average molecular weight is 290 g/mol. The van der Waals surface area contributed by atoms with Gasteiger partial charge in [-0.1, -0.05) is 6.07 Å². The highest BCUT2D eigenvalue weighted by atomic mass is 32.2. The summed E-state index contributed by atoms with van der Waals surface area (Å²) in [7, 11) is 0. The minimum atomic E-state index is -0.313. The Morgan fingerprint density at radius 1 is 1.35 bits per heavy atom. The molecule has 1 aromatic heterocycles. The van der Waals surface area contributed by atoms with E-state index in [9.17, 15) is 10.0 Å². The van der Waals surface area contributed by atoms with Crippen LogP contribution in [0.5, 0.6) is 5.88 Å². The number of anilines is 1. The molecule has 0 atom stereocenters. The number of nitrogens with one attached hydrogen (secondary N) is 1. The van der Waals surface area contributed by atoms with E-state index in [2.05, 4.69) is 5.32 Å². The normalized spacial score (nSPS) is 10.1. The van der Waals surface area contributed by atoms with Crippen molar-refractivity contribution in [2.24, 2.45) is 0 Å². The van der Waals surface area contributed by atoms with E-state index >= 15 is 0 Å². The smallest absolute Gasteiger partial charge is 0.379 e.